The van der Waals surface area contributed by atoms with Crippen molar-refractivity contribution in [2.45, 2.75) is 25.2 Å². The Balaban J connectivity index is 1.77. The van der Waals surface area contributed by atoms with Crippen molar-refractivity contribution in [3.63, 3.8) is 0 Å². The highest BCUT2D eigenvalue weighted by Crippen LogP contribution is 2.29. The van der Waals surface area contributed by atoms with E-state index in [9.17, 15) is 22.8 Å². The van der Waals surface area contributed by atoms with Gasteiger partial charge < -0.3 is 15.6 Å². The van der Waals surface area contributed by atoms with Crippen LogP contribution in [0.15, 0.2) is 41.3 Å². The molecule has 3 rings (SSSR count). The van der Waals surface area contributed by atoms with Crippen LogP contribution in [0.3, 0.4) is 0 Å². The van der Waals surface area contributed by atoms with Crippen LogP contribution in [-0.4, -0.2) is 16.9 Å². The zero-order valence-corrected chi connectivity index (χ0v) is 12.4. The van der Waals surface area contributed by atoms with Gasteiger partial charge in [0.05, 0.1) is 11.6 Å². The Labute approximate surface area is 134 Å². The summed E-state index contributed by atoms with van der Waals surface area (Å²) in [7, 11) is 0. The maximum atomic E-state index is 12.7. The number of amides is 1. The molecule has 0 spiro atoms. The van der Waals surface area contributed by atoms with Gasteiger partial charge in [0.2, 0.25) is 5.91 Å². The topological polar surface area (TPSA) is 74.0 Å². The van der Waals surface area contributed by atoms with E-state index in [1.165, 1.54) is 0 Å². The van der Waals surface area contributed by atoms with Gasteiger partial charge in [-0.05, 0) is 23.6 Å². The molecule has 0 fully saturated rings. The Morgan fingerprint density at radius 3 is 2.62 bits per heavy atom. The number of halogens is 3. The number of nitrogens with one attached hydrogen (secondary N) is 3. The summed E-state index contributed by atoms with van der Waals surface area (Å²) in [6.45, 7) is 0.479. The number of hydrogen-bond donors (Lipinski definition) is 3. The summed E-state index contributed by atoms with van der Waals surface area (Å²) in [6, 6.07) is 7.60. The molecule has 0 bridgehead atoms. The molecule has 1 aliphatic rings. The van der Waals surface area contributed by atoms with Crippen LogP contribution in [0.2, 0.25) is 0 Å². The lowest BCUT2D eigenvalue weighted by Crippen LogP contribution is -2.45. The van der Waals surface area contributed by atoms with Gasteiger partial charge in [0, 0.05) is 12.7 Å². The van der Waals surface area contributed by atoms with Gasteiger partial charge in [-0.15, -0.1) is 0 Å². The molecular formula is C16H14F3N3O2. The highest BCUT2D eigenvalue weighted by atomic mass is 19.4. The van der Waals surface area contributed by atoms with E-state index in [4.69, 9.17) is 0 Å². The van der Waals surface area contributed by atoms with Crippen LogP contribution in [-0.2, 0) is 23.9 Å². The molecule has 1 aromatic carbocycles. The Hall–Kier alpha value is -2.61. The molecule has 1 aliphatic heterocycles. The summed E-state index contributed by atoms with van der Waals surface area (Å²) in [5.74, 6) is -0.547. The van der Waals surface area contributed by atoms with Gasteiger partial charge in [-0.2, -0.15) is 13.2 Å². The van der Waals surface area contributed by atoms with E-state index in [0.717, 1.165) is 11.1 Å². The SMILES string of the molecule is O=C(Nc1cc(C(F)(F)F)c[nH]c1=O)C1Cc2ccccc2CN1. The average Bonchev–Trinajstić information content (AvgIpc) is 2.55. The lowest BCUT2D eigenvalue weighted by atomic mass is 9.95. The predicted octanol–water partition coefficient (Wildman–Crippen LogP) is 2.05. The quantitative estimate of drug-likeness (QED) is 0.785. The molecule has 1 unspecified atom stereocenters. The second-order valence-electron chi connectivity index (χ2n) is 5.52. The third-order valence-corrected chi connectivity index (χ3v) is 3.89. The summed E-state index contributed by atoms with van der Waals surface area (Å²) >= 11 is 0. The zero-order chi connectivity index (χ0) is 17.3. The first kappa shape index (κ1) is 16.3. The van der Waals surface area contributed by atoms with Crippen molar-refractivity contribution in [2.24, 2.45) is 0 Å². The molecule has 5 nitrogen and oxygen atoms in total. The third-order valence-electron chi connectivity index (χ3n) is 3.89. The average molecular weight is 337 g/mol. The molecule has 0 saturated carbocycles. The molecule has 0 saturated heterocycles. The summed E-state index contributed by atoms with van der Waals surface area (Å²) < 4.78 is 38.1. The van der Waals surface area contributed by atoms with Gasteiger partial charge in [-0.1, -0.05) is 24.3 Å². The van der Waals surface area contributed by atoms with Gasteiger partial charge >= 0.3 is 6.18 Å². The summed E-state index contributed by atoms with van der Waals surface area (Å²) in [5, 5.41) is 5.29. The molecule has 2 heterocycles. The number of aromatic nitrogens is 1. The highest BCUT2D eigenvalue weighted by molar-refractivity contribution is 5.95. The zero-order valence-electron chi connectivity index (χ0n) is 12.4. The van der Waals surface area contributed by atoms with E-state index < -0.39 is 34.9 Å². The van der Waals surface area contributed by atoms with Crippen LogP contribution < -0.4 is 16.2 Å². The molecular weight excluding hydrogens is 323 g/mol. The number of hydrogen-bond acceptors (Lipinski definition) is 3. The summed E-state index contributed by atoms with van der Waals surface area (Å²) in [5.41, 5.74) is -0.171. The molecule has 1 amide bonds. The van der Waals surface area contributed by atoms with E-state index in [0.29, 0.717) is 25.2 Å². The molecule has 0 radical (unpaired) electrons. The van der Waals surface area contributed by atoms with Crippen molar-refractivity contribution in [2.75, 3.05) is 5.32 Å². The van der Waals surface area contributed by atoms with Crippen molar-refractivity contribution in [1.29, 1.82) is 0 Å². The van der Waals surface area contributed by atoms with Crippen molar-refractivity contribution in [3.05, 3.63) is 63.6 Å². The van der Waals surface area contributed by atoms with Gasteiger partial charge in [0.15, 0.2) is 0 Å². The first-order valence-corrected chi connectivity index (χ1v) is 7.25. The van der Waals surface area contributed by atoms with E-state index in [2.05, 4.69) is 10.6 Å². The third kappa shape index (κ3) is 3.33. The number of rotatable bonds is 2. The Morgan fingerprint density at radius 1 is 1.21 bits per heavy atom. The first-order valence-electron chi connectivity index (χ1n) is 7.25. The number of benzene rings is 1. The fourth-order valence-corrected chi connectivity index (χ4v) is 2.60. The number of carbonyl (C=O) groups is 1. The van der Waals surface area contributed by atoms with Crippen molar-refractivity contribution in [3.8, 4) is 0 Å². The maximum absolute atomic E-state index is 12.7. The lowest BCUT2D eigenvalue weighted by molar-refractivity contribution is -0.137. The summed E-state index contributed by atoms with van der Waals surface area (Å²) in [6.07, 6.45) is -3.63. The minimum absolute atomic E-state index is 0.402. The molecule has 3 N–H and O–H groups in total. The molecule has 1 atom stereocenters. The number of pyridine rings is 1. The molecule has 1 aromatic heterocycles. The highest BCUT2D eigenvalue weighted by Gasteiger charge is 2.32. The Morgan fingerprint density at radius 2 is 1.92 bits per heavy atom. The fraction of sp³-hybridized carbons (Fsp3) is 0.250. The van der Waals surface area contributed by atoms with Crippen LogP contribution in [0.4, 0.5) is 18.9 Å². The van der Waals surface area contributed by atoms with Crippen LogP contribution in [0, 0.1) is 0 Å². The number of H-pyrrole nitrogens is 1. The van der Waals surface area contributed by atoms with E-state index in [1.807, 2.05) is 29.2 Å². The number of carbonyl (C=O) groups excluding carboxylic acids is 1. The maximum Gasteiger partial charge on any atom is 0.417 e. The van der Waals surface area contributed by atoms with Gasteiger partial charge in [-0.25, -0.2) is 0 Å². The monoisotopic (exact) mass is 337 g/mol. The Kier molecular flexibility index (Phi) is 4.15. The van der Waals surface area contributed by atoms with Crippen molar-refractivity contribution < 1.29 is 18.0 Å². The van der Waals surface area contributed by atoms with Crippen LogP contribution in [0.25, 0.3) is 0 Å². The molecule has 24 heavy (non-hydrogen) atoms. The van der Waals surface area contributed by atoms with Gasteiger partial charge in [0.25, 0.3) is 5.56 Å². The minimum atomic E-state index is -4.61. The van der Waals surface area contributed by atoms with Crippen LogP contribution in [0.5, 0.6) is 0 Å². The molecule has 2 aromatic rings. The minimum Gasteiger partial charge on any atom is -0.327 e. The number of fused-ring (bicyclic) bond motifs is 1. The first-order chi connectivity index (χ1) is 11.3. The van der Waals surface area contributed by atoms with Gasteiger partial charge in [0.1, 0.15) is 5.69 Å². The molecule has 0 aliphatic carbocycles. The van der Waals surface area contributed by atoms with Crippen molar-refractivity contribution in [1.82, 2.24) is 10.3 Å². The number of aromatic amines is 1. The second-order valence-corrected chi connectivity index (χ2v) is 5.52. The second kappa shape index (κ2) is 6.12. The van der Waals surface area contributed by atoms with Crippen LogP contribution >= 0.6 is 0 Å². The standard InChI is InChI=1S/C16H14F3N3O2/c17-16(18,19)11-6-13(14(23)21-8-11)22-15(24)12-5-9-3-1-2-4-10(9)7-20-12/h1-4,6,8,12,20H,5,7H2,(H,21,23)(H,22,24). The Bertz CT molecular complexity index is 830. The van der Waals surface area contributed by atoms with E-state index in [-0.39, 0.29) is 0 Å². The van der Waals surface area contributed by atoms with Gasteiger partial charge in [-0.3, -0.25) is 9.59 Å². The van der Waals surface area contributed by atoms with E-state index >= 15 is 0 Å². The number of alkyl halides is 3. The van der Waals surface area contributed by atoms with Crippen LogP contribution in [0.1, 0.15) is 16.7 Å². The van der Waals surface area contributed by atoms with E-state index in [1.54, 1.807) is 0 Å². The smallest absolute Gasteiger partial charge is 0.327 e. The predicted molar refractivity (Wildman–Crippen MR) is 81.5 cm³/mol. The lowest BCUT2D eigenvalue weighted by Gasteiger charge is -2.25. The normalized spacial score (nSPS) is 17.2. The summed E-state index contributed by atoms with van der Waals surface area (Å²) in [4.78, 5) is 25.9. The molecule has 126 valence electrons. The molecule has 8 heteroatoms. The fourth-order valence-electron chi connectivity index (χ4n) is 2.60. The largest absolute Gasteiger partial charge is 0.417 e. The van der Waals surface area contributed by atoms with Crippen molar-refractivity contribution >= 4 is 11.6 Å². The number of anilines is 1.